The minimum atomic E-state index is 0.411. The first kappa shape index (κ1) is 14.2. The first-order chi connectivity index (χ1) is 10.8. The minimum Gasteiger partial charge on any atom is -0.363 e. The van der Waals surface area contributed by atoms with Crippen LogP contribution in [0, 0.1) is 0 Å². The normalized spacial score (nSPS) is 10.2. The van der Waals surface area contributed by atoms with E-state index in [-0.39, 0.29) is 0 Å². The predicted molar refractivity (Wildman–Crippen MR) is 86.1 cm³/mol. The van der Waals surface area contributed by atoms with Gasteiger partial charge in [-0.25, -0.2) is 0 Å². The number of pyridine rings is 1. The highest BCUT2D eigenvalue weighted by Crippen LogP contribution is 2.16. The van der Waals surface area contributed by atoms with E-state index in [9.17, 15) is 0 Å². The number of benzene rings is 1. The Bertz CT molecular complexity index is 733. The standard InChI is InChI=1S/C15H13ClN6/c16-11-4-6-12(7-5-11)20-15-21-14(10-19-22-15)18-9-13-3-1-2-8-17-13/h1-8,10H,9H2,(H2,18,20,21,22). The summed E-state index contributed by atoms with van der Waals surface area (Å²) in [4.78, 5) is 8.59. The van der Waals surface area contributed by atoms with E-state index in [1.165, 1.54) is 0 Å². The van der Waals surface area contributed by atoms with Gasteiger partial charge in [-0.2, -0.15) is 10.1 Å². The van der Waals surface area contributed by atoms with Crippen molar-refractivity contribution in [1.29, 1.82) is 0 Å². The van der Waals surface area contributed by atoms with Gasteiger partial charge in [-0.3, -0.25) is 4.98 Å². The Morgan fingerprint density at radius 3 is 2.68 bits per heavy atom. The summed E-state index contributed by atoms with van der Waals surface area (Å²) in [7, 11) is 0. The zero-order valence-corrected chi connectivity index (χ0v) is 12.3. The molecule has 0 amide bonds. The van der Waals surface area contributed by atoms with E-state index in [1.54, 1.807) is 24.5 Å². The first-order valence-corrected chi connectivity index (χ1v) is 7.03. The van der Waals surface area contributed by atoms with E-state index in [1.807, 2.05) is 30.3 Å². The fraction of sp³-hybridized carbons (Fsp3) is 0.0667. The van der Waals surface area contributed by atoms with Crippen LogP contribution in [0.15, 0.2) is 54.9 Å². The molecule has 6 nitrogen and oxygen atoms in total. The third kappa shape index (κ3) is 3.89. The zero-order chi connectivity index (χ0) is 15.2. The molecule has 3 rings (SSSR count). The van der Waals surface area contributed by atoms with Crippen LogP contribution in [-0.2, 0) is 6.54 Å². The average Bonchev–Trinajstić information content (AvgIpc) is 2.57. The van der Waals surface area contributed by atoms with Gasteiger partial charge >= 0.3 is 0 Å². The molecule has 7 heteroatoms. The van der Waals surface area contributed by atoms with Crippen molar-refractivity contribution >= 4 is 29.1 Å². The van der Waals surface area contributed by atoms with E-state index in [0.29, 0.717) is 23.3 Å². The van der Waals surface area contributed by atoms with Crippen LogP contribution in [0.2, 0.25) is 5.02 Å². The molecule has 0 bridgehead atoms. The third-order valence-electron chi connectivity index (χ3n) is 2.84. The van der Waals surface area contributed by atoms with E-state index < -0.39 is 0 Å². The van der Waals surface area contributed by atoms with Crippen LogP contribution < -0.4 is 10.6 Å². The van der Waals surface area contributed by atoms with E-state index >= 15 is 0 Å². The van der Waals surface area contributed by atoms with Gasteiger partial charge in [-0.05, 0) is 36.4 Å². The zero-order valence-electron chi connectivity index (χ0n) is 11.6. The van der Waals surface area contributed by atoms with E-state index in [0.717, 1.165) is 11.4 Å². The Morgan fingerprint density at radius 1 is 1.05 bits per heavy atom. The quantitative estimate of drug-likeness (QED) is 0.753. The van der Waals surface area contributed by atoms with Crippen LogP contribution in [0.1, 0.15) is 5.69 Å². The second-order valence-electron chi connectivity index (χ2n) is 4.47. The Kier molecular flexibility index (Phi) is 4.41. The lowest BCUT2D eigenvalue weighted by Gasteiger charge is -2.07. The lowest BCUT2D eigenvalue weighted by molar-refractivity contribution is 0.955. The molecule has 0 saturated carbocycles. The van der Waals surface area contributed by atoms with Crippen LogP contribution in [0.3, 0.4) is 0 Å². The number of halogens is 1. The highest BCUT2D eigenvalue weighted by Gasteiger charge is 2.02. The summed E-state index contributed by atoms with van der Waals surface area (Å²) in [5.41, 5.74) is 1.77. The summed E-state index contributed by atoms with van der Waals surface area (Å²) in [6, 6.07) is 13.0. The topological polar surface area (TPSA) is 75.6 Å². The van der Waals surface area contributed by atoms with Gasteiger partial charge in [0.2, 0.25) is 5.95 Å². The number of nitrogens with zero attached hydrogens (tertiary/aromatic N) is 4. The van der Waals surface area contributed by atoms with Crippen molar-refractivity contribution < 1.29 is 0 Å². The van der Waals surface area contributed by atoms with E-state index in [4.69, 9.17) is 11.6 Å². The summed E-state index contributed by atoms with van der Waals surface area (Å²) < 4.78 is 0. The highest BCUT2D eigenvalue weighted by atomic mass is 35.5. The number of anilines is 3. The van der Waals surface area contributed by atoms with Gasteiger partial charge in [-0.15, -0.1) is 5.10 Å². The van der Waals surface area contributed by atoms with Crippen LogP contribution in [0.4, 0.5) is 17.5 Å². The molecule has 2 aromatic heterocycles. The maximum Gasteiger partial charge on any atom is 0.249 e. The van der Waals surface area contributed by atoms with Crippen molar-refractivity contribution in [3.8, 4) is 0 Å². The highest BCUT2D eigenvalue weighted by molar-refractivity contribution is 6.30. The molecule has 22 heavy (non-hydrogen) atoms. The third-order valence-corrected chi connectivity index (χ3v) is 3.09. The van der Waals surface area contributed by atoms with Gasteiger partial charge in [0.15, 0.2) is 5.82 Å². The molecule has 0 saturated heterocycles. The van der Waals surface area contributed by atoms with Crippen molar-refractivity contribution in [3.63, 3.8) is 0 Å². The second-order valence-corrected chi connectivity index (χ2v) is 4.91. The molecule has 0 radical (unpaired) electrons. The van der Waals surface area contributed by atoms with Gasteiger partial charge in [0.25, 0.3) is 0 Å². The molecule has 2 heterocycles. The van der Waals surface area contributed by atoms with Gasteiger partial charge in [0.1, 0.15) is 0 Å². The monoisotopic (exact) mass is 312 g/mol. The average molecular weight is 313 g/mol. The first-order valence-electron chi connectivity index (χ1n) is 6.66. The van der Waals surface area contributed by atoms with Crippen LogP contribution in [0.5, 0.6) is 0 Å². The molecule has 1 aromatic carbocycles. The number of hydrogen-bond donors (Lipinski definition) is 2. The Hall–Kier alpha value is -2.73. The fourth-order valence-electron chi connectivity index (χ4n) is 1.79. The van der Waals surface area contributed by atoms with Gasteiger partial charge < -0.3 is 10.6 Å². The summed E-state index contributed by atoms with van der Waals surface area (Å²) in [5.74, 6) is 1.03. The largest absolute Gasteiger partial charge is 0.363 e. The van der Waals surface area contributed by atoms with Crippen molar-refractivity contribution in [3.05, 3.63) is 65.6 Å². The molecule has 0 spiro atoms. The Balaban J connectivity index is 1.66. The molecule has 2 N–H and O–H groups in total. The lowest BCUT2D eigenvalue weighted by Crippen LogP contribution is -2.06. The molecule has 0 fully saturated rings. The van der Waals surface area contributed by atoms with Crippen molar-refractivity contribution in [2.24, 2.45) is 0 Å². The molecule has 0 unspecified atom stereocenters. The maximum atomic E-state index is 5.85. The van der Waals surface area contributed by atoms with Crippen LogP contribution >= 0.6 is 11.6 Å². The van der Waals surface area contributed by atoms with Crippen molar-refractivity contribution in [2.45, 2.75) is 6.54 Å². The van der Waals surface area contributed by atoms with Gasteiger partial charge in [-0.1, -0.05) is 17.7 Å². The molecular formula is C15H13ClN6. The minimum absolute atomic E-state index is 0.411. The van der Waals surface area contributed by atoms with Crippen LogP contribution in [-0.4, -0.2) is 20.2 Å². The van der Waals surface area contributed by atoms with Gasteiger partial charge in [0.05, 0.1) is 18.4 Å². The summed E-state index contributed by atoms with van der Waals surface area (Å²) >= 11 is 5.85. The van der Waals surface area contributed by atoms with Crippen molar-refractivity contribution in [1.82, 2.24) is 20.2 Å². The second kappa shape index (κ2) is 6.82. The molecular weight excluding hydrogens is 300 g/mol. The Morgan fingerprint density at radius 2 is 1.91 bits per heavy atom. The smallest absolute Gasteiger partial charge is 0.249 e. The molecule has 110 valence electrons. The lowest BCUT2D eigenvalue weighted by atomic mass is 10.3. The molecule has 0 aliphatic rings. The SMILES string of the molecule is Clc1ccc(Nc2nncc(NCc3ccccn3)n2)cc1. The fourth-order valence-corrected chi connectivity index (χ4v) is 1.91. The summed E-state index contributed by atoms with van der Waals surface area (Å²) in [6.07, 6.45) is 3.32. The van der Waals surface area contributed by atoms with Crippen molar-refractivity contribution in [2.75, 3.05) is 10.6 Å². The number of rotatable bonds is 5. The summed E-state index contributed by atoms with van der Waals surface area (Å²) in [5, 5.41) is 14.8. The molecule has 3 aromatic rings. The van der Waals surface area contributed by atoms with E-state index in [2.05, 4.69) is 30.8 Å². The number of aromatic nitrogens is 4. The van der Waals surface area contributed by atoms with Crippen LogP contribution in [0.25, 0.3) is 0 Å². The molecule has 0 atom stereocenters. The maximum absolute atomic E-state index is 5.85. The molecule has 0 aliphatic carbocycles. The number of hydrogen-bond acceptors (Lipinski definition) is 6. The predicted octanol–water partition coefficient (Wildman–Crippen LogP) is 3.28. The van der Waals surface area contributed by atoms with Gasteiger partial charge in [0, 0.05) is 16.9 Å². The number of nitrogens with one attached hydrogen (secondary N) is 2. The summed E-state index contributed by atoms with van der Waals surface area (Å²) in [6.45, 7) is 0.569. The Labute approximate surface area is 132 Å². The molecule has 0 aliphatic heterocycles.